The van der Waals surface area contributed by atoms with Crippen LogP contribution < -0.4 is 0 Å². The molecule has 0 atom stereocenters. The van der Waals surface area contributed by atoms with Crippen LogP contribution in [0.2, 0.25) is 0 Å². The highest BCUT2D eigenvalue weighted by atomic mass is 19.4. The van der Waals surface area contributed by atoms with E-state index in [4.69, 9.17) is 0 Å². The standard InChI is InChI=1S/C7H8F3NO/c1-4(2)6-5(3-11-12-6)7(8,9)10/h3-4H,1-2H3. The summed E-state index contributed by atoms with van der Waals surface area (Å²) in [5.74, 6) is -0.411. The molecule has 0 unspecified atom stereocenters. The predicted octanol–water partition coefficient (Wildman–Crippen LogP) is 2.82. The van der Waals surface area contributed by atoms with E-state index in [0.717, 1.165) is 0 Å². The van der Waals surface area contributed by atoms with Gasteiger partial charge in [-0.3, -0.25) is 0 Å². The molecule has 12 heavy (non-hydrogen) atoms. The molecule has 0 aliphatic carbocycles. The third-order valence-corrected chi connectivity index (χ3v) is 1.43. The molecule has 0 radical (unpaired) electrons. The van der Waals surface area contributed by atoms with E-state index < -0.39 is 11.7 Å². The summed E-state index contributed by atoms with van der Waals surface area (Å²) in [4.78, 5) is 0. The molecule has 0 N–H and O–H groups in total. The van der Waals surface area contributed by atoms with Crippen molar-refractivity contribution < 1.29 is 17.7 Å². The molecule has 0 spiro atoms. The van der Waals surface area contributed by atoms with Gasteiger partial charge in [0.05, 0.1) is 6.20 Å². The zero-order chi connectivity index (χ0) is 9.35. The highest BCUT2D eigenvalue weighted by Gasteiger charge is 2.37. The number of halogens is 3. The fourth-order valence-electron chi connectivity index (χ4n) is 0.878. The zero-order valence-corrected chi connectivity index (χ0v) is 6.64. The zero-order valence-electron chi connectivity index (χ0n) is 6.64. The van der Waals surface area contributed by atoms with Crippen LogP contribution in [0.4, 0.5) is 13.2 Å². The first-order valence-electron chi connectivity index (χ1n) is 3.44. The van der Waals surface area contributed by atoms with Crippen LogP contribution in [-0.4, -0.2) is 5.16 Å². The Balaban J connectivity index is 3.08. The van der Waals surface area contributed by atoms with Crippen LogP contribution in [0.25, 0.3) is 0 Å². The van der Waals surface area contributed by atoms with Gasteiger partial charge in [0, 0.05) is 5.92 Å². The second kappa shape index (κ2) is 2.80. The second-order valence-electron chi connectivity index (χ2n) is 2.76. The quantitative estimate of drug-likeness (QED) is 0.662. The van der Waals surface area contributed by atoms with Gasteiger partial charge in [-0.1, -0.05) is 19.0 Å². The minimum atomic E-state index is -4.36. The van der Waals surface area contributed by atoms with E-state index in [2.05, 4.69) is 9.68 Å². The molecular formula is C7H8F3NO. The molecule has 0 fully saturated rings. The van der Waals surface area contributed by atoms with Crippen molar-refractivity contribution in [3.05, 3.63) is 17.5 Å². The maximum Gasteiger partial charge on any atom is 0.421 e. The van der Waals surface area contributed by atoms with E-state index in [-0.39, 0.29) is 11.7 Å². The van der Waals surface area contributed by atoms with Gasteiger partial charge in [-0.15, -0.1) is 0 Å². The molecule has 0 saturated heterocycles. The molecule has 0 saturated carbocycles. The van der Waals surface area contributed by atoms with Gasteiger partial charge in [-0.2, -0.15) is 13.2 Å². The number of aromatic nitrogens is 1. The molecule has 0 aliphatic heterocycles. The summed E-state index contributed by atoms with van der Waals surface area (Å²) in [7, 11) is 0. The van der Waals surface area contributed by atoms with Crippen LogP contribution >= 0.6 is 0 Å². The molecule has 1 rings (SSSR count). The van der Waals surface area contributed by atoms with Gasteiger partial charge in [-0.05, 0) is 0 Å². The fraction of sp³-hybridized carbons (Fsp3) is 0.571. The minimum absolute atomic E-state index is 0.109. The Bertz CT molecular complexity index is 264. The fourth-order valence-corrected chi connectivity index (χ4v) is 0.878. The number of hydrogen-bond acceptors (Lipinski definition) is 2. The predicted molar refractivity (Wildman–Crippen MR) is 35.6 cm³/mol. The maximum absolute atomic E-state index is 12.1. The van der Waals surface area contributed by atoms with Crippen LogP contribution in [0.15, 0.2) is 10.7 Å². The van der Waals surface area contributed by atoms with Gasteiger partial charge in [0.25, 0.3) is 0 Å². The van der Waals surface area contributed by atoms with Crippen LogP contribution in [0.1, 0.15) is 31.1 Å². The lowest BCUT2D eigenvalue weighted by Gasteiger charge is -2.06. The maximum atomic E-state index is 12.1. The van der Waals surface area contributed by atoms with Crippen molar-refractivity contribution in [2.75, 3.05) is 0 Å². The third kappa shape index (κ3) is 1.60. The first kappa shape index (κ1) is 9.09. The summed E-state index contributed by atoms with van der Waals surface area (Å²) in [6.07, 6.45) is -3.66. The Labute approximate surface area is 67.4 Å². The van der Waals surface area contributed by atoms with Crippen LogP contribution in [0.5, 0.6) is 0 Å². The topological polar surface area (TPSA) is 26.0 Å². The lowest BCUT2D eigenvalue weighted by atomic mass is 10.1. The van der Waals surface area contributed by atoms with Gasteiger partial charge >= 0.3 is 6.18 Å². The van der Waals surface area contributed by atoms with Crippen LogP contribution in [0, 0.1) is 0 Å². The van der Waals surface area contributed by atoms with Gasteiger partial charge in [0.15, 0.2) is 5.76 Å². The number of nitrogens with zero attached hydrogens (tertiary/aromatic N) is 1. The molecular weight excluding hydrogens is 171 g/mol. The van der Waals surface area contributed by atoms with Crippen molar-refractivity contribution in [2.45, 2.75) is 25.9 Å². The molecule has 1 heterocycles. The number of alkyl halides is 3. The van der Waals surface area contributed by atoms with Crippen molar-refractivity contribution in [3.63, 3.8) is 0 Å². The van der Waals surface area contributed by atoms with Crippen molar-refractivity contribution in [1.82, 2.24) is 5.16 Å². The Kier molecular flexibility index (Phi) is 2.12. The van der Waals surface area contributed by atoms with Crippen molar-refractivity contribution in [1.29, 1.82) is 0 Å². The van der Waals surface area contributed by atoms with Gasteiger partial charge < -0.3 is 4.52 Å². The molecule has 5 heteroatoms. The number of rotatable bonds is 1. The van der Waals surface area contributed by atoms with E-state index in [1.54, 1.807) is 13.8 Å². The number of hydrogen-bond donors (Lipinski definition) is 0. The van der Waals surface area contributed by atoms with E-state index in [1.165, 1.54) is 0 Å². The van der Waals surface area contributed by atoms with E-state index in [9.17, 15) is 13.2 Å². The summed E-state index contributed by atoms with van der Waals surface area (Å²) in [6.45, 7) is 3.24. The molecule has 1 aromatic rings. The average Bonchev–Trinajstić information content (AvgIpc) is 2.30. The van der Waals surface area contributed by atoms with Gasteiger partial charge in [-0.25, -0.2) is 0 Å². The molecule has 68 valence electrons. The Morgan fingerprint density at radius 1 is 1.42 bits per heavy atom. The van der Waals surface area contributed by atoms with E-state index in [0.29, 0.717) is 6.20 Å². The van der Waals surface area contributed by atoms with E-state index >= 15 is 0 Å². The van der Waals surface area contributed by atoms with Crippen LogP contribution in [-0.2, 0) is 6.18 Å². The summed E-state index contributed by atoms with van der Waals surface area (Å²) in [5, 5.41) is 3.11. The minimum Gasteiger partial charge on any atom is -0.361 e. The average molecular weight is 179 g/mol. The smallest absolute Gasteiger partial charge is 0.361 e. The summed E-state index contributed by atoms with van der Waals surface area (Å²) in [5.41, 5.74) is -0.780. The Morgan fingerprint density at radius 3 is 2.33 bits per heavy atom. The highest BCUT2D eigenvalue weighted by molar-refractivity contribution is 5.19. The molecule has 2 nitrogen and oxygen atoms in total. The molecule has 0 bridgehead atoms. The summed E-state index contributed by atoms with van der Waals surface area (Å²) < 4.78 is 40.9. The first-order valence-corrected chi connectivity index (χ1v) is 3.44. The normalized spacial score (nSPS) is 12.5. The molecule has 0 aliphatic rings. The van der Waals surface area contributed by atoms with Crippen LogP contribution in [0.3, 0.4) is 0 Å². The molecule has 0 aromatic carbocycles. The Morgan fingerprint density at radius 2 is 2.00 bits per heavy atom. The summed E-state index contributed by atoms with van der Waals surface area (Å²) >= 11 is 0. The lowest BCUT2D eigenvalue weighted by molar-refractivity contribution is -0.138. The lowest BCUT2D eigenvalue weighted by Crippen LogP contribution is -2.07. The largest absolute Gasteiger partial charge is 0.421 e. The third-order valence-electron chi connectivity index (χ3n) is 1.43. The highest BCUT2D eigenvalue weighted by Crippen LogP contribution is 2.34. The van der Waals surface area contributed by atoms with Gasteiger partial charge in [0.1, 0.15) is 5.56 Å². The van der Waals surface area contributed by atoms with Gasteiger partial charge in [0.2, 0.25) is 0 Å². The molecule has 0 amide bonds. The van der Waals surface area contributed by atoms with Crippen molar-refractivity contribution >= 4 is 0 Å². The SMILES string of the molecule is CC(C)c1oncc1C(F)(F)F. The first-order chi connectivity index (χ1) is 5.43. The van der Waals surface area contributed by atoms with E-state index in [1.807, 2.05) is 0 Å². The van der Waals surface area contributed by atoms with Crippen molar-refractivity contribution in [2.24, 2.45) is 0 Å². The molecule has 1 aromatic heterocycles. The van der Waals surface area contributed by atoms with Crippen molar-refractivity contribution in [3.8, 4) is 0 Å². The second-order valence-corrected chi connectivity index (χ2v) is 2.76. The monoisotopic (exact) mass is 179 g/mol. The summed E-state index contributed by atoms with van der Waals surface area (Å²) in [6, 6.07) is 0. The Hall–Kier alpha value is -1.00.